The van der Waals surface area contributed by atoms with E-state index in [2.05, 4.69) is 89.7 Å². The molecule has 1 fully saturated rings. The molecule has 5 heteroatoms. The Balaban J connectivity index is 2.12. The predicted molar refractivity (Wildman–Crippen MR) is 136 cm³/mol. The number of hydrogen-bond acceptors (Lipinski definition) is 4. The van der Waals surface area contributed by atoms with E-state index in [4.69, 9.17) is 13.9 Å². The number of Topliss-reactive ketones (excluding diaryl/α,β-unsaturated/α-hetero) is 1. The van der Waals surface area contributed by atoms with Gasteiger partial charge in [0.1, 0.15) is 12.2 Å². The van der Waals surface area contributed by atoms with Crippen LogP contribution in [-0.2, 0) is 18.7 Å². The van der Waals surface area contributed by atoms with Gasteiger partial charge < -0.3 is 13.9 Å². The maximum Gasteiger partial charge on any atom is 0.261 e. The lowest BCUT2D eigenvalue weighted by Gasteiger charge is -2.47. The van der Waals surface area contributed by atoms with Gasteiger partial charge in [-0.05, 0) is 28.8 Å². The van der Waals surface area contributed by atoms with Gasteiger partial charge in [0.25, 0.3) is 8.32 Å². The molecule has 2 aromatic carbocycles. The molecule has 178 valence electrons. The average Bonchev–Trinajstić information content (AvgIpc) is 3.05. The standard InChI is InChI=1S/C28H38O4Si/c1-8-15-24(21(2)29)31-26-25(28(6,7)20-30-26)32-33(27(3,4)5,22-16-11-9-12-17-22)23-18-13-10-14-19-23/h8-14,16-19,24-26H,1,15,20H2,2-7H3/t24-,25+,26+/m0/s1. The van der Waals surface area contributed by atoms with Crippen molar-refractivity contribution in [3.63, 3.8) is 0 Å². The van der Waals surface area contributed by atoms with Gasteiger partial charge in [-0.3, -0.25) is 4.79 Å². The summed E-state index contributed by atoms with van der Waals surface area (Å²) in [4.78, 5) is 12.2. The molecule has 2 aromatic rings. The lowest BCUT2D eigenvalue weighted by atomic mass is 9.89. The number of rotatable bonds is 9. The Morgan fingerprint density at radius 1 is 1.12 bits per heavy atom. The number of ketones is 1. The zero-order valence-corrected chi connectivity index (χ0v) is 21.8. The largest absolute Gasteiger partial charge is 0.399 e. The second kappa shape index (κ2) is 10.1. The van der Waals surface area contributed by atoms with Gasteiger partial charge in [0.05, 0.1) is 6.61 Å². The first kappa shape index (κ1) is 25.6. The highest BCUT2D eigenvalue weighted by molar-refractivity contribution is 6.99. The molecule has 1 aliphatic rings. The highest BCUT2D eigenvalue weighted by Crippen LogP contribution is 2.43. The number of ether oxygens (including phenoxy) is 2. The Morgan fingerprint density at radius 3 is 2.06 bits per heavy atom. The number of hydrogen-bond donors (Lipinski definition) is 0. The summed E-state index contributed by atoms with van der Waals surface area (Å²) in [5, 5.41) is 2.25. The van der Waals surface area contributed by atoms with Crippen molar-refractivity contribution in [2.75, 3.05) is 6.61 Å². The fourth-order valence-electron chi connectivity index (χ4n) is 4.67. The molecule has 0 amide bonds. The molecule has 0 unspecified atom stereocenters. The van der Waals surface area contributed by atoms with Gasteiger partial charge in [0, 0.05) is 5.41 Å². The van der Waals surface area contributed by atoms with E-state index in [0.29, 0.717) is 13.0 Å². The molecule has 0 aromatic heterocycles. The van der Waals surface area contributed by atoms with Crippen LogP contribution < -0.4 is 10.4 Å². The van der Waals surface area contributed by atoms with Crippen molar-refractivity contribution >= 4 is 24.5 Å². The third-order valence-corrected chi connectivity index (χ3v) is 11.5. The molecular formula is C28H38O4Si. The lowest BCUT2D eigenvalue weighted by Crippen LogP contribution is -2.69. The third-order valence-electron chi connectivity index (χ3n) is 6.49. The number of benzene rings is 2. The van der Waals surface area contributed by atoms with Gasteiger partial charge in [0.15, 0.2) is 12.1 Å². The van der Waals surface area contributed by atoms with E-state index in [9.17, 15) is 4.79 Å². The quantitative estimate of drug-likeness (QED) is 0.391. The summed E-state index contributed by atoms with van der Waals surface area (Å²) in [5.41, 5.74) is -0.284. The topological polar surface area (TPSA) is 44.8 Å². The van der Waals surface area contributed by atoms with Crippen LogP contribution >= 0.6 is 0 Å². The molecule has 1 aliphatic heterocycles. The molecular weight excluding hydrogens is 428 g/mol. The molecule has 33 heavy (non-hydrogen) atoms. The SMILES string of the molecule is C=CC[C@H](O[C@H]1OCC(C)(C)[C@@H]1O[Si](c1ccccc1)(c1ccccc1)C(C)(C)C)C(C)=O. The highest BCUT2D eigenvalue weighted by atomic mass is 28.4. The van der Waals surface area contributed by atoms with Crippen molar-refractivity contribution in [2.24, 2.45) is 5.41 Å². The second-order valence-corrected chi connectivity index (χ2v) is 14.9. The first-order valence-electron chi connectivity index (χ1n) is 11.7. The maximum absolute atomic E-state index is 12.2. The van der Waals surface area contributed by atoms with Crippen LogP contribution in [0, 0.1) is 5.41 Å². The van der Waals surface area contributed by atoms with E-state index in [1.54, 1.807) is 13.0 Å². The molecule has 1 saturated heterocycles. The minimum Gasteiger partial charge on any atom is -0.399 e. The van der Waals surface area contributed by atoms with Crippen molar-refractivity contribution < 1.29 is 18.7 Å². The van der Waals surface area contributed by atoms with E-state index in [-0.39, 0.29) is 22.3 Å². The van der Waals surface area contributed by atoms with E-state index < -0.39 is 20.7 Å². The van der Waals surface area contributed by atoms with Gasteiger partial charge >= 0.3 is 0 Å². The molecule has 0 bridgehead atoms. The average molecular weight is 467 g/mol. The van der Waals surface area contributed by atoms with E-state index >= 15 is 0 Å². The summed E-state index contributed by atoms with van der Waals surface area (Å²) in [6, 6.07) is 21.1. The van der Waals surface area contributed by atoms with Crippen LogP contribution in [-0.4, -0.2) is 39.2 Å². The molecule has 3 atom stereocenters. The van der Waals surface area contributed by atoms with Crippen LogP contribution in [0.2, 0.25) is 5.04 Å². The fourth-order valence-corrected chi connectivity index (χ4v) is 9.50. The van der Waals surface area contributed by atoms with Crippen LogP contribution in [0.25, 0.3) is 0 Å². The lowest BCUT2D eigenvalue weighted by molar-refractivity contribution is -0.180. The summed E-state index contributed by atoms with van der Waals surface area (Å²) in [7, 11) is -2.81. The monoisotopic (exact) mass is 466 g/mol. The Hall–Kier alpha value is -2.05. The molecule has 4 nitrogen and oxygen atoms in total. The van der Waals surface area contributed by atoms with E-state index in [1.165, 1.54) is 10.4 Å². The van der Waals surface area contributed by atoms with Gasteiger partial charge in [-0.15, -0.1) is 6.58 Å². The van der Waals surface area contributed by atoms with Crippen molar-refractivity contribution in [3.05, 3.63) is 73.3 Å². The Bertz CT molecular complexity index is 894. The Kier molecular flexibility index (Phi) is 7.79. The van der Waals surface area contributed by atoms with Crippen LogP contribution in [0.1, 0.15) is 48.0 Å². The number of carbonyl (C=O) groups is 1. The summed E-state index contributed by atoms with van der Waals surface area (Å²) < 4.78 is 19.7. The normalized spacial score (nSPS) is 21.5. The van der Waals surface area contributed by atoms with E-state index in [1.807, 2.05) is 12.1 Å². The van der Waals surface area contributed by atoms with Crippen LogP contribution in [0.3, 0.4) is 0 Å². The van der Waals surface area contributed by atoms with Crippen molar-refractivity contribution in [1.82, 2.24) is 0 Å². The van der Waals surface area contributed by atoms with Crippen LogP contribution in [0.4, 0.5) is 0 Å². The maximum atomic E-state index is 12.2. The molecule has 1 heterocycles. The highest BCUT2D eigenvalue weighted by Gasteiger charge is 2.56. The van der Waals surface area contributed by atoms with E-state index in [0.717, 1.165) is 0 Å². The predicted octanol–water partition coefficient (Wildman–Crippen LogP) is 4.86. The molecule has 0 spiro atoms. The first-order valence-corrected chi connectivity index (χ1v) is 13.6. The minimum absolute atomic E-state index is 0.0348. The molecule has 0 radical (unpaired) electrons. The smallest absolute Gasteiger partial charge is 0.261 e. The Morgan fingerprint density at radius 2 is 1.64 bits per heavy atom. The van der Waals surface area contributed by atoms with Crippen LogP contribution in [0.15, 0.2) is 73.3 Å². The second-order valence-electron chi connectivity index (χ2n) is 10.6. The molecule has 3 rings (SSSR count). The van der Waals surface area contributed by atoms with Crippen molar-refractivity contribution in [1.29, 1.82) is 0 Å². The first-order chi connectivity index (χ1) is 15.5. The third kappa shape index (κ3) is 5.22. The summed E-state index contributed by atoms with van der Waals surface area (Å²) in [6.07, 6.45) is 0.601. The van der Waals surface area contributed by atoms with Crippen molar-refractivity contribution in [2.45, 2.75) is 71.5 Å². The van der Waals surface area contributed by atoms with Crippen molar-refractivity contribution in [3.8, 4) is 0 Å². The summed E-state index contributed by atoms with van der Waals surface area (Å²) >= 11 is 0. The Labute approximate surface area is 200 Å². The zero-order valence-electron chi connectivity index (χ0n) is 20.8. The summed E-state index contributed by atoms with van der Waals surface area (Å²) in [5.74, 6) is -0.0348. The van der Waals surface area contributed by atoms with Crippen LogP contribution in [0.5, 0.6) is 0 Å². The molecule has 0 N–H and O–H groups in total. The molecule has 0 saturated carbocycles. The minimum atomic E-state index is -2.81. The number of carbonyl (C=O) groups excluding carboxylic acids is 1. The van der Waals surface area contributed by atoms with Gasteiger partial charge in [0.2, 0.25) is 0 Å². The van der Waals surface area contributed by atoms with Gasteiger partial charge in [-0.2, -0.15) is 0 Å². The summed E-state index contributed by atoms with van der Waals surface area (Å²) in [6.45, 7) is 16.9. The molecule has 0 aliphatic carbocycles. The fraction of sp³-hybridized carbons (Fsp3) is 0.464. The zero-order chi connectivity index (χ0) is 24.3. The van der Waals surface area contributed by atoms with Gasteiger partial charge in [-0.1, -0.05) is 101 Å². The van der Waals surface area contributed by atoms with Gasteiger partial charge in [-0.25, -0.2) is 0 Å².